The molecule has 0 aliphatic rings. The highest BCUT2D eigenvalue weighted by molar-refractivity contribution is 5.72. The maximum absolute atomic E-state index is 12.0. The topological polar surface area (TPSA) is 136 Å². The molecule has 0 aromatic carbocycles. The Hall–Kier alpha value is -1.42. The zero-order chi connectivity index (χ0) is 32.2. The fraction of sp³-hybridized carbons (Fsp3) is 0.935. The van der Waals surface area contributed by atoms with Crippen LogP contribution in [-0.4, -0.2) is 144 Å². The Morgan fingerprint density at radius 3 is 1.11 bits per heavy atom. The van der Waals surface area contributed by atoms with E-state index in [9.17, 15) is 9.59 Å². The molecule has 1 unspecified atom stereocenters. The van der Waals surface area contributed by atoms with E-state index in [1.54, 1.807) is 6.92 Å². The minimum absolute atomic E-state index is 0.00546. The van der Waals surface area contributed by atoms with Crippen molar-refractivity contribution in [2.45, 2.75) is 52.9 Å². The fourth-order valence-corrected chi connectivity index (χ4v) is 3.51. The largest absolute Gasteiger partial charge is 0.466 e. The molecule has 0 saturated carbocycles. The van der Waals surface area contributed by atoms with Crippen molar-refractivity contribution in [3.63, 3.8) is 0 Å². The lowest BCUT2D eigenvalue weighted by Crippen LogP contribution is -2.20. The van der Waals surface area contributed by atoms with Crippen LogP contribution in [0.2, 0.25) is 0 Å². The molecule has 0 saturated heterocycles. The minimum Gasteiger partial charge on any atom is -0.466 e. The third-order valence-electron chi connectivity index (χ3n) is 5.94. The lowest BCUT2D eigenvalue weighted by atomic mass is 10.00. The number of esters is 2. The Morgan fingerprint density at radius 1 is 0.455 bits per heavy atom. The van der Waals surface area contributed by atoms with E-state index in [1.807, 2.05) is 6.92 Å². The van der Waals surface area contributed by atoms with Crippen molar-refractivity contribution in [3.05, 3.63) is 0 Å². The molecule has 0 fully saturated rings. The highest BCUT2D eigenvalue weighted by atomic mass is 16.6. The molecule has 0 N–H and O–H groups in total. The molecule has 0 aliphatic carbocycles. The summed E-state index contributed by atoms with van der Waals surface area (Å²) in [5.74, 6) is -0.381. The zero-order valence-corrected chi connectivity index (χ0v) is 27.6. The summed E-state index contributed by atoms with van der Waals surface area (Å²) in [7, 11) is 0. The average molecular weight is 641 g/mol. The summed E-state index contributed by atoms with van der Waals surface area (Å²) >= 11 is 0. The van der Waals surface area contributed by atoms with E-state index in [1.165, 1.54) is 0 Å². The van der Waals surface area contributed by atoms with Crippen LogP contribution >= 0.6 is 0 Å². The highest BCUT2D eigenvalue weighted by Crippen LogP contribution is 2.14. The summed E-state index contributed by atoms with van der Waals surface area (Å²) in [6, 6.07) is 0. The van der Waals surface area contributed by atoms with Gasteiger partial charge >= 0.3 is 11.9 Å². The maximum atomic E-state index is 12.0. The van der Waals surface area contributed by atoms with Crippen LogP contribution in [0.3, 0.4) is 0 Å². The van der Waals surface area contributed by atoms with E-state index >= 15 is 0 Å². The van der Waals surface area contributed by atoms with Crippen molar-refractivity contribution in [1.29, 1.82) is 0 Å². The van der Waals surface area contributed by atoms with Gasteiger partial charge in [0.15, 0.2) is 0 Å². The molecule has 44 heavy (non-hydrogen) atoms. The zero-order valence-electron chi connectivity index (χ0n) is 27.6. The van der Waals surface area contributed by atoms with E-state index in [-0.39, 0.29) is 30.9 Å². The van der Waals surface area contributed by atoms with Gasteiger partial charge in [-0.05, 0) is 19.8 Å². The standard InChI is InChI=1S/C31H60O13/c1-4-7-8-29(5-2)31(33)44-28-27-42-26-25-41-24-23-40-22-21-39-20-19-38-18-17-37-16-15-36-14-13-35-12-11-34-10-9-30(32)43-6-3/h29H,4-28H2,1-3H3. The van der Waals surface area contributed by atoms with E-state index < -0.39 is 0 Å². The van der Waals surface area contributed by atoms with Crippen molar-refractivity contribution in [2.24, 2.45) is 5.92 Å². The van der Waals surface area contributed by atoms with Crippen LogP contribution in [0.1, 0.15) is 52.9 Å². The van der Waals surface area contributed by atoms with E-state index in [4.69, 9.17) is 52.1 Å². The lowest BCUT2D eigenvalue weighted by molar-refractivity contribution is -0.150. The number of hydrogen-bond acceptors (Lipinski definition) is 13. The van der Waals surface area contributed by atoms with Crippen molar-refractivity contribution in [3.8, 4) is 0 Å². The quantitative estimate of drug-likeness (QED) is 0.0734. The number of rotatable bonds is 36. The molecule has 1 atom stereocenters. The van der Waals surface area contributed by atoms with Crippen molar-refractivity contribution in [2.75, 3.05) is 132 Å². The Kier molecular flexibility index (Phi) is 34.9. The van der Waals surface area contributed by atoms with Crippen molar-refractivity contribution >= 4 is 11.9 Å². The second-order valence-corrected chi connectivity index (χ2v) is 9.48. The Morgan fingerprint density at radius 2 is 0.795 bits per heavy atom. The number of ether oxygens (including phenoxy) is 11. The van der Waals surface area contributed by atoms with Gasteiger partial charge in [-0.25, -0.2) is 0 Å². The fourth-order valence-electron chi connectivity index (χ4n) is 3.51. The first kappa shape index (κ1) is 42.6. The van der Waals surface area contributed by atoms with Crippen LogP contribution < -0.4 is 0 Å². The molecule has 0 bridgehead atoms. The van der Waals surface area contributed by atoms with Crippen LogP contribution in [-0.2, 0) is 61.7 Å². The molecule has 0 amide bonds. The first-order chi connectivity index (χ1) is 21.7. The normalized spacial score (nSPS) is 12.0. The molecular weight excluding hydrogens is 580 g/mol. The molecule has 0 spiro atoms. The predicted octanol–water partition coefficient (Wildman–Crippen LogP) is 2.85. The van der Waals surface area contributed by atoms with Gasteiger partial charge in [0.1, 0.15) is 6.61 Å². The lowest BCUT2D eigenvalue weighted by Gasteiger charge is -2.13. The highest BCUT2D eigenvalue weighted by Gasteiger charge is 2.16. The van der Waals surface area contributed by atoms with Crippen LogP contribution in [0.15, 0.2) is 0 Å². The number of carbonyl (C=O) groups is 2. The van der Waals surface area contributed by atoms with Crippen molar-refractivity contribution < 1.29 is 61.7 Å². The molecule has 0 aliphatic heterocycles. The maximum Gasteiger partial charge on any atom is 0.308 e. The molecule has 0 heterocycles. The molecule has 0 rings (SSSR count). The van der Waals surface area contributed by atoms with E-state index in [2.05, 4.69) is 6.92 Å². The predicted molar refractivity (Wildman–Crippen MR) is 163 cm³/mol. The molecule has 262 valence electrons. The molecule has 0 aromatic heterocycles. The van der Waals surface area contributed by atoms with Gasteiger partial charge in [0, 0.05) is 0 Å². The van der Waals surface area contributed by atoms with Gasteiger partial charge in [-0.15, -0.1) is 0 Å². The van der Waals surface area contributed by atoms with Gasteiger partial charge < -0.3 is 52.1 Å². The number of carbonyl (C=O) groups excluding carboxylic acids is 2. The van der Waals surface area contributed by atoms with Crippen molar-refractivity contribution in [1.82, 2.24) is 0 Å². The molecule has 0 aromatic rings. The van der Waals surface area contributed by atoms with E-state index in [0.29, 0.717) is 126 Å². The van der Waals surface area contributed by atoms with Crippen LogP contribution in [0.5, 0.6) is 0 Å². The number of hydrogen-bond donors (Lipinski definition) is 0. The van der Waals surface area contributed by atoms with Crippen LogP contribution in [0.25, 0.3) is 0 Å². The molecule has 13 heteroatoms. The van der Waals surface area contributed by atoms with E-state index in [0.717, 1.165) is 25.7 Å². The smallest absolute Gasteiger partial charge is 0.308 e. The first-order valence-electron chi connectivity index (χ1n) is 16.2. The second-order valence-electron chi connectivity index (χ2n) is 9.48. The van der Waals surface area contributed by atoms with Gasteiger partial charge in [-0.3, -0.25) is 9.59 Å². The van der Waals surface area contributed by atoms with Crippen LogP contribution in [0, 0.1) is 5.92 Å². The summed E-state index contributed by atoms with van der Waals surface area (Å²) < 4.78 is 58.9. The summed E-state index contributed by atoms with van der Waals surface area (Å²) in [5.41, 5.74) is 0. The third-order valence-corrected chi connectivity index (χ3v) is 5.94. The summed E-state index contributed by atoms with van der Waals surface area (Å²) in [6.07, 6.45) is 4.08. The van der Waals surface area contributed by atoms with Gasteiger partial charge in [-0.2, -0.15) is 0 Å². The monoisotopic (exact) mass is 640 g/mol. The first-order valence-corrected chi connectivity index (χ1v) is 16.2. The molecular formula is C31H60O13. The minimum atomic E-state index is -0.253. The second kappa shape index (κ2) is 36.1. The van der Waals surface area contributed by atoms with Gasteiger partial charge in [0.2, 0.25) is 0 Å². The van der Waals surface area contributed by atoms with Gasteiger partial charge in [0.05, 0.1) is 138 Å². The summed E-state index contributed by atoms with van der Waals surface area (Å²) in [5, 5.41) is 0. The number of unbranched alkanes of at least 4 members (excludes halogenated alkanes) is 1. The van der Waals surface area contributed by atoms with Gasteiger partial charge in [-0.1, -0.05) is 26.7 Å². The third kappa shape index (κ3) is 32.0. The summed E-state index contributed by atoms with van der Waals surface area (Å²) in [4.78, 5) is 23.1. The Bertz CT molecular complexity index is 609. The Balaban J connectivity index is 3.17. The SMILES string of the molecule is CCCCC(CC)C(=O)OCCOCCOCCOCCOCCOCCOCCOCCOCCOCCC(=O)OCC. The Labute approximate surface area is 264 Å². The molecule has 0 radical (unpaired) electrons. The van der Waals surface area contributed by atoms with Gasteiger partial charge in [0.25, 0.3) is 0 Å². The summed E-state index contributed by atoms with van der Waals surface area (Å²) in [6.45, 7) is 14.9. The average Bonchev–Trinajstić information content (AvgIpc) is 3.02. The van der Waals surface area contributed by atoms with Crippen LogP contribution in [0.4, 0.5) is 0 Å². The molecule has 13 nitrogen and oxygen atoms in total.